The molecule has 80 valence electrons. The molecule has 0 saturated carbocycles. The molecule has 0 radical (unpaired) electrons. The Morgan fingerprint density at radius 3 is 2.67 bits per heavy atom. The van der Waals surface area contributed by atoms with Crippen LogP contribution in [0.25, 0.3) is 0 Å². The zero-order valence-electron chi connectivity index (χ0n) is 8.86. The summed E-state index contributed by atoms with van der Waals surface area (Å²) in [5.74, 6) is -1.38. The molecule has 0 aliphatic rings. The van der Waals surface area contributed by atoms with E-state index in [1.807, 2.05) is 6.92 Å². The maximum Gasteiger partial charge on any atom is 0.310 e. The van der Waals surface area contributed by atoms with E-state index >= 15 is 0 Å². The summed E-state index contributed by atoms with van der Waals surface area (Å²) in [5.41, 5.74) is 2.28. The van der Waals surface area contributed by atoms with Gasteiger partial charge >= 0.3 is 5.97 Å². The number of benzene rings is 1. The van der Waals surface area contributed by atoms with Gasteiger partial charge in [-0.05, 0) is 24.5 Å². The molecule has 0 spiro atoms. The van der Waals surface area contributed by atoms with Crippen LogP contribution in [0.4, 0.5) is 0 Å². The first-order valence-corrected chi connectivity index (χ1v) is 4.91. The van der Waals surface area contributed by atoms with Crippen molar-refractivity contribution in [3.8, 4) is 0 Å². The van der Waals surface area contributed by atoms with Gasteiger partial charge in [-0.25, -0.2) is 0 Å². The molecule has 15 heavy (non-hydrogen) atoms. The zero-order valence-corrected chi connectivity index (χ0v) is 8.86. The van der Waals surface area contributed by atoms with Gasteiger partial charge < -0.3 is 5.11 Å². The largest absolute Gasteiger partial charge is 0.481 e. The summed E-state index contributed by atoms with van der Waals surface area (Å²) in [7, 11) is 0. The van der Waals surface area contributed by atoms with Crippen molar-refractivity contribution in [3.63, 3.8) is 0 Å². The number of aldehydes is 1. The minimum absolute atomic E-state index is 0.531. The van der Waals surface area contributed by atoms with Crippen LogP contribution in [0.5, 0.6) is 0 Å². The molecule has 0 aromatic heterocycles. The van der Waals surface area contributed by atoms with Gasteiger partial charge in [0.05, 0.1) is 5.92 Å². The molecule has 0 aliphatic heterocycles. The Morgan fingerprint density at radius 1 is 1.53 bits per heavy atom. The third kappa shape index (κ3) is 2.43. The molecule has 0 amide bonds. The predicted molar refractivity (Wildman–Crippen MR) is 57.3 cm³/mol. The number of hydrogen-bond donors (Lipinski definition) is 1. The Hall–Kier alpha value is -1.64. The highest BCUT2D eigenvalue weighted by Crippen LogP contribution is 2.19. The molecule has 3 heteroatoms. The predicted octanol–water partition coefficient (Wildman–Crippen LogP) is 2.25. The number of aliphatic carboxylic acids is 1. The second kappa shape index (κ2) is 4.73. The first-order valence-electron chi connectivity index (χ1n) is 4.91. The van der Waals surface area contributed by atoms with Crippen molar-refractivity contribution in [2.24, 2.45) is 0 Å². The van der Waals surface area contributed by atoms with Gasteiger partial charge in [0, 0.05) is 5.56 Å². The molecular weight excluding hydrogens is 192 g/mol. The van der Waals surface area contributed by atoms with Crippen molar-refractivity contribution in [1.29, 1.82) is 0 Å². The summed E-state index contributed by atoms with van der Waals surface area (Å²) in [6.45, 7) is 3.58. The van der Waals surface area contributed by atoms with Crippen molar-refractivity contribution < 1.29 is 14.7 Å². The van der Waals surface area contributed by atoms with Crippen molar-refractivity contribution in [2.75, 3.05) is 0 Å². The minimum atomic E-state index is -0.851. The van der Waals surface area contributed by atoms with Gasteiger partial charge in [-0.1, -0.05) is 25.1 Å². The van der Waals surface area contributed by atoms with E-state index in [2.05, 4.69) is 0 Å². The van der Waals surface area contributed by atoms with E-state index in [1.165, 1.54) is 0 Å². The Morgan fingerprint density at radius 2 is 2.20 bits per heavy atom. The lowest BCUT2D eigenvalue weighted by molar-refractivity contribution is -0.138. The Balaban J connectivity index is 3.13. The molecule has 1 aromatic carbocycles. The Labute approximate surface area is 88.7 Å². The van der Waals surface area contributed by atoms with Gasteiger partial charge in [0.15, 0.2) is 0 Å². The molecule has 1 aromatic rings. The van der Waals surface area contributed by atoms with Crippen molar-refractivity contribution >= 4 is 12.3 Å². The monoisotopic (exact) mass is 206 g/mol. The molecule has 1 atom stereocenters. The van der Waals surface area contributed by atoms with Crippen LogP contribution < -0.4 is 0 Å². The van der Waals surface area contributed by atoms with Crippen LogP contribution in [0.1, 0.15) is 41.3 Å². The van der Waals surface area contributed by atoms with Crippen LogP contribution >= 0.6 is 0 Å². The number of rotatable bonds is 4. The number of carboxylic acids is 1. The molecule has 0 fully saturated rings. The number of carbonyl (C=O) groups is 2. The van der Waals surface area contributed by atoms with E-state index in [-0.39, 0.29) is 0 Å². The van der Waals surface area contributed by atoms with E-state index < -0.39 is 11.9 Å². The van der Waals surface area contributed by atoms with Gasteiger partial charge in [-0.2, -0.15) is 0 Å². The summed E-state index contributed by atoms with van der Waals surface area (Å²) in [6.07, 6.45) is 1.53. The standard InChI is InChI=1S/C12H14O3/c1-3-9-6-10(8(2)12(14)15)4-5-11(9)7-13/h4-8H,3H2,1-2H3,(H,14,15). The summed E-state index contributed by atoms with van der Waals surface area (Å²) in [5, 5.41) is 8.86. The van der Waals surface area contributed by atoms with Crippen LogP contribution in [0.15, 0.2) is 18.2 Å². The van der Waals surface area contributed by atoms with Gasteiger partial charge in [-0.15, -0.1) is 0 Å². The van der Waals surface area contributed by atoms with Crippen LogP contribution in [0, 0.1) is 0 Å². The summed E-state index contributed by atoms with van der Waals surface area (Å²) in [6, 6.07) is 5.17. The fraction of sp³-hybridized carbons (Fsp3) is 0.333. The van der Waals surface area contributed by atoms with Crippen LogP contribution in [0.2, 0.25) is 0 Å². The Bertz CT molecular complexity index is 382. The fourth-order valence-electron chi connectivity index (χ4n) is 1.46. The molecule has 0 heterocycles. The van der Waals surface area contributed by atoms with Gasteiger partial charge in [-0.3, -0.25) is 9.59 Å². The van der Waals surface area contributed by atoms with E-state index in [9.17, 15) is 9.59 Å². The normalized spacial score (nSPS) is 12.1. The molecule has 0 saturated heterocycles. The quantitative estimate of drug-likeness (QED) is 0.769. The summed E-state index contributed by atoms with van der Waals surface area (Å²) < 4.78 is 0. The highest BCUT2D eigenvalue weighted by Gasteiger charge is 2.14. The maximum absolute atomic E-state index is 10.8. The second-order valence-electron chi connectivity index (χ2n) is 3.49. The molecular formula is C12H14O3. The van der Waals surface area contributed by atoms with Crippen LogP contribution in [0.3, 0.4) is 0 Å². The van der Waals surface area contributed by atoms with E-state index in [1.54, 1.807) is 25.1 Å². The van der Waals surface area contributed by atoms with Gasteiger partial charge in [0.1, 0.15) is 6.29 Å². The molecule has 1 unspecified atom stereocenters. The van der Waals surface area contributed by atoms with Crippen molar-refractivity contribution in [2.45, 2.75) is 26.2 Å². The lowest BCUT2D eigenvalue weighted by atomic mass is 9.95. The molecule has 1 N–H and O–H groups in total. The SMILES string of the molecule is CCc1cc(C(C)C(=O)O)ccc1C=O. The molecule has 1 rings (SSSR count). The van der Waals surface area contributed by atoms with E-state index in [0.29, 0.717) is 5.56 Å². The highest BCUT2D eigenvalue weighted by molar-refractivity contribution is 5.79. The average molecular weight is 206 g/mol. The number of aryl methyl sites for hydroxylation is 1. The van der Waals surface area contributed by atoms with Crippen molar-refractivity contribution in [1.82, 2.24) is 0 Å². The fourth-order valence-corrected chi connectivity index (χ4v) is 1.46. The van der Waals surface area contributed by atoms with Crippen molar-refractivity contribution in [3.05, 3.63) is 34.9 Å². The van der Waals surface area contributed by atoms with Crippen LogP contribution in [-0.4, -0.2) is 17.4 Å². The van der Waals surface area contributed by atoms with Crippen LogP contribution in [-0.2, 0) is 11.2 Å². The van der Waals surface area contributed by atoms with E-state index in [0.717, 1.165) is 23.8 Å². The minimum Gasteiger partial charge on any atom is -0.481 e. The average Bonchev–Trinajstić information content (AvgIpc) is 2.26. The maximum atomic E-state index is 10.8. The molecule has 0 aliphatic carbocycles. The van der Waals surface area contributed by atoms with Gasteiger partial charge in [0.25, 0.3) is 0 Å². The summed E-state index contributed by atoms with van der Waals surface area (Å²) in [4.78, 5) is 21.5. The third-order valence-electron chi connectivity index (χ3n) is 2.55. The number of carboxylic acid groups (broad SMARTS) is 1. The topological polar surface area (TPSA) is 54.4 Å². The zero-order chi connectivity index (χ0) is 11.4. The summed E-state index contributed by atoms with van der Waals surface area (Å²) >= 11 is 0. The van der Waals surface area contributed by atoms with E-state index in [4.69, 9.17) is 5.11 Å². The number of hydrogen-bond acceptors (Lipinski definition) is 2. The lowest BCUT2D eigenvalue weighted by Crippen LogP contribution is -2.08. The van der Waals surface area contributed by atoms with Gasteiger partial charge in [0.2, 0.25) is 0 Å². The first kappa shape index (κ1) is 11.4. The molecule has 3 nitrogen and oxygen atoms in total. The molecule has 0 bridgehead atoms. The first-order chi connectivity index (χ1) is 7.10. The number of carbonyl (C=O) groups excluding carboxylic acids is 1. The Kier molecular flexibility index (Phi) is 3.61. The smallest absolute Gasteiger partial charge is 0.310 e. The second-order valence-corrected chi connectivity index (χ2v) is 3.49. The highest BCUT2D eigenvalue weighted by atomic mass is 16.4. The lowest BCUT2D eigenvalue weighted by Gasteiger charge is -2.09. The third-order valence-corrected chi connectivity index (χ3v) is 2.55.